The van der Waals surface area contributed by atoms with Crippen molar-refractivity contribution in [1.82, 2.24) is 4.98 Å². The Labute approximate surface area is 105 Å². The van der Waals surface area contributed by atoms with Crippen molar-refractivity contribution in [2.45, 2.75) is 13.2 Å². The zero-order valence-corrected chi connectivity index (χ0v) is 9.84. The highest BCUT2D eigenvalue weighted by molar-refractivity contribution is 5.34. The summed E-state index contributed by atoms with van der Waals surface area (Å²) >= 11 is 0. The highest BCUT2D eigenvalue weighted by atomic mass is 16.5. The molecule has 1 aromatic heterocycles. The van der Waals surface area contributed by atoms with Gasteiger partial charge in [0.1, 0.15) is 18.2 Å². The quantitative estimate of drug-likeness (QED) is 0.548. The number of hydrogen-bond donors (Lipinski definition) is 3. The van der Waals surface area contributed by atoms with Crippen molar-refractivity contribution < 1.29 is 9.84 Å². The van der Waals surface area contributed by atoms with Crippen LogP contribution in [0, 0.1) is 0 Å². The second-order valence-electron chi connectivity index (χ2n) is 3.71. The molecule has 18 heavy (non-hydrogen) atoms. The van der Waals surface area contributed by atoms with Crippen molar-refractivity contribution in [2.24, 2.45) is 5.84 Å². The lowest BCUT2D eigenvalue weighted by atomic mass is 10.2. The lowest BCUT2D eigenvalue weighted by molar-refractivity contribution is 0.257. The topological polar surface area (TPSA) is 80.4 Å². The first-order chi connectivity index (χ1) is 8.83. The van der Waals surface area contributed by atoms with E-state index in [-0.39, 0.29) is 6.61 Å². The van der Waals surface area contributed by atoms with Crippen LogP contribution in [0.1, 0.15) is 11.3 Å². The Morgan fingerprint density at radius 2 is 2.00 bits per heavy atom. The molecule has 5 nitrogen and oxygen atoms in total. The van der Waals surface area contributed by atoms with Crippen LogP contribution in [0.5, 0.6) is 5.75 Å². The minimum atomic E-state index is -0.0476. The maximum absolute atomic E-state index is 9.18. The summed E-state index contributed by atoms with van der Waals surface area (Å²) in [6, 6.07) is 12.8. The molecule has 4 N–H and O–H groups in total. The normalized spacial score (nSPS) is 10.1. The molecule has 1 aromatic carbocycles. The van der Waals surface area contributed by atoms with Crippen molar-refractivity contribution in [3.8, 4) is 5.75 Å². The fraction of sp³-hybridized carbons (Fsp3) is 0.154. The van der Waals surface area contributed by atoms with Gasteiger partial charge in [0, 0.05) is 5.56 Å². The van der Waals surface area contributed by atoms with Crippen LogP contribution in [0.25, 0.3) is 0 Å². The largest absolute Gasteiger partial charge is 0.487 e. The van der Waals surface area contributed by atoms with Crippen molar-refractivity contribution in [2.75, 3.05) is 5.43 Å². The number of para-hydroxylation sites is 1. The van der Waals surface area contributed by atoms with Crippen LogP contribution in [-0.4, -0.2) is 10.1 Å². The predicted octanol–water partition coefficient (Wildman–Crippen LogP) is 1.44. The van der Waals surface area contributed by atoms with Gasteiger partial charge in [0.05, 0.1) is 12.3 Å². The van der Waals surface area contributed by atoms with Gasteiger partial charge >= 0.3 is 0 Å². The maximum atomic E-state index is 9.18. The fourth-order valence-electron chi connectivity index (χ4n) is 1.57. The fourth-order valence-corrected chi connectivity index (χ4v) is 1.57. The molecule has 0 amide bonds. The summed E-state index contributed by atoms with van der Waals surface area (Å²) < 4.78 is 5.62. The molecule has 2 aromatic rings. The summed E-state index contributed by atoms with van der Waals surface area (Å²) in [6.07, 6.45) is 0. The Morgan fingerprint density at radius 1 is 1.17 bits per heavy atom. The highest BCUT2D eigenvalue weighted by Crippen LogP contribution is 2.19. The van der Waals surface area contributed by atoms with Crippen LogP contribution in [0.4, 0.5) is 5.82 Å². The SMILES string of the molecule is NNc1cccc(COc2ccccc2CO)n1. The standard InChI is InChI=1S/C13H15N3O2/c14-16-13-7-3-5-11(15-13)9-18-12-6-2-1-4-10(12)8-17/h1-7,17H,8-9,14H2,(H,15,16). The van der Waals surface area contributed by atoms with Gasteiger partial charge in [-0.3, -0.25) is 0 Å². The van der Waals surface area contributed by atoms with Crippen molar-refractivity contribution >= 4 is 5.82 Å². The molecule has 0 aliphatic carbocycles. The number of hydrogen-bond acceptors (Lipinski definition) is 5. The number of ether oxygens (including phenoxy) is 1. The number of nitrogens with one attached hydrogen (secondary N) is 1. The maximum Gasteiger partial charge on any atom is 0.140 e. The van der Waals surface area contributed by atoms with E-state index < -0.39 is 0 Å². The molecule has 0 saturated heterocycles. The van der Waals surface area contributed by atoms with Gasteiger partial charge in [-0.05, 0) is 18.2 Å². The summed E-state index contributed by atoms with van der Waals surface area (Å²) in [5, 5.41) is 9.18. The monoisotopic (exact) mass is 245 g/mol. The molecule has 5 heteroatoms. The molecule has 0 unspecified atom stereocenters. The van der Waals surface area contributed by atoms with E-state index in [1.807, 2.05) is 36.4 Å². The third kappa shape index (κ3) is 2.97. The number of aromatic nitrogens is 1. The molecular formula is C13H15N3O2. The van der Waals surface area contributed by atoms with E-state index in [2.05, 4.69) is 10.4 Å². The van der Waals surface area contributed by atoms with Crippen LogP contribution in [-0.2, 0) is 13.2 Å². The van der Waals surface area contributed by atoms with Crippen LogP contribution >= 0.6 is 0 Å². The number of pyridine rings is 1. The third-order valence-electron chi connectivity index (χ3n) is 2.47. The molecule has 0 bridgehead atoms. The summed E-state index contributed by atoms with van der Waals surface area (Å²) in [5.41, 5.74) is 4.00. The number of aliphatic hydroxyl groups excluding tert-OH is 1. The predicted molar refractivity (Wildman–Crippen MR) is 68.7 cm³/mol. The van der Waals surface area contributed by atoms with E-state index in [4.69, 9.17) is 10.6 Å². The number of rotatable bonds is 5. The molecule has 0 aliphatic heterocycles. The van der Waals surface area contributed by atoms with Gasteiger partial charge < -0.3 is 15.3 Å². The average molecular weight is 245 g/mol. The first kappa shape index (κ1) is 12.3. The van der Waals surface area contributed by atoms with E-state index in [0.29, 0.717) is 18.2 Å². The van der Waals surface area contributed by atoms with Crippen LogP contribution in [0.3, 0.4) is 0 Å². The molecule has 1 heterocycles. The van der Waals surface area contributed by atoms with Crippen molar-refractivity contribution in [1.29, 1.82) is 0 Å². The number of nitrogens with two attached hydrogens (primary N) is 1. The van der Waals surface area contributed by atoms with Crippen molar-refractivity contribution in [3.63, 3.8) is 0 Å². The number of nitrogens with zero attached hydrogens (tertiary/aromatic N) is 1. The Bertz CT molecular complexity index is 517. The number of anilines is 1. The number of aliphatic hydroxyl groups is 1. The summed E-state index contributed by atoms with van der Waals surface area (Å²) in [6.45, 7) is 0.278. The summed E-state index contributed by atoms with van der Waals surface area (Å²) in [4.78, 5) is 4.24. The second kappa shape index (κ2) is 6.00. The van der Waals surface area contributed by atoms with Gasteiger partial charge in [0.2, 0.25) is 0 Å². The smallest absolute Gasteiger partial charge is 0.140 e. The molecule has 94 valence electrons. The first-order valence-corrected chi connectivity index (χ1v) is 5.57. The molecular weight excluding hydrogens is 230 g/mol. The molecule has 0 spiro atoms. The van der Waals surface area contributed by atoms with Crippen LogP contribution in [0.2, 0.25) is 0 Å². The number of nitrogen functional groups attached to an aromatic ring is 1. The van der Waals surface area contributed by atoms with Gasteiger partial charge in [-0.15, -0.1) is 0 Å². The van der Waals surface area contributed by atoms with Gasteiger partial charge in [0.25, 0.3) is 0 Å². The van der Waals surface area contributed by atoms with Gasteiger partial charge in [-0.2, -0.15) is 0 Å². The minimum Gasteiger partial charge on any atom is -0.487 e. The molecule has 0 aliphatic rings. The summed E-state index contributed by atoms with van der Waals surface area (Å²) in [5.74, 6) is 6.53. The molecule has 0 atom stereocenters. The Balaban J connectivity index is 2.06. The zero-order valence-electron chi connectivity index (χ0n) is 9.84. The minimum absolute atomic E-state index is 0.0476. The molecule has 0 radical (unpaired) electrons. The molecule has 0 fully saturated rings. The molecule has 2 rings (SSSR count). The van der Waals surface area contributed by atoms with E-state index in [1.54, 1.807) is 6.07 Å². The zero-order chi connectivity index (χ0) is 12.8. The number of benzene rings is 1. The first-order valence-electron chi connectivity index (χ1n) is 5.57. The van der Waals surface area contributed by atoms with E-state index in [1.165, 1.54) is 0 Å². The van der Waals surface area contributed by atoms with Crippen LogP contribution < -0.4 is 16.0 Å². The molecule has 0 saturated carbocycles. The third-order valence-corrected chi connectivity index (χ3v) is 2.47. The van der Waals surface area contributed by atoms with E-state index >= 15 is 0 Å². The Hall–Kier alpha value is -2.11. The number of hydrazine groups is 1. The second-order valence-corrected chi connectivity index (χ2v) is 3.71. The highest BCUT2D eigenvalue weighted by Gasteiger charge is 2.03. The van der Waals surface area contributed by atoms with Gasteiger partial charge in [-0.1, -0.05) is 24.3 Å². The Kier molecular flexibility index (Phi) is 4.11. The lowest BCUT2D eigenvalue weighted by Crippen LogP contribution is -2.10. The van der Waals surface area contributed by atoms with Gasteiger partial charge in [0.15, 0.2) is 0 Å². The van der Waals surface area contributed by atoms with E-state index in [0.717, 1.165) is 11.3 Å². The Morgan fingerprint density at radius 3 is 2.78 bits per heavy atom. The van der Waals surface area contributed by atoms with Crippen LogP contribution in [0.15, 0.2) is 42.5 Å². The average Bonchev–Trinajstić information content (AvgIpc) is 2.45. The van der Waals surface area contributed by atoms with Crippen molar-refractivity contribution in [3.05, 3.63) is 53.7 Å². The van der Waals surface area contributed by atoms with Gasteiger partial charge in [-0.25, -0.2) is 10.8 Å². The van der Waals surface area contributed by atoms with E-state index in [9.17, 15) is 5.11 Å². The lowest BCUT2D eigenvalue weighted by Gasteiger charge is -2.10. The summed E-state index contributed by atoms with van der Waals surface area (Å²) in [7, 11) is 0.